The highest BCUT2D eigenvalue weighted by Crippen LogP contribution is 2.20. The molecule has 21 heavy (non-hydrogen) atoms. The molecule has 1 aliphatic heterocycles. The van der Waals surface area contributed by atoms with Gasteiger partial charge in [-0.2, -0.15) is 0 Å². The van der Waals surface area contributed by atoms with Crippen molar-refractivity contribution in [1.82, 2.24) is 14.9 Å². The van der Waals surface area contributed by atoms with Crippen LogP contribution in [-0.2, 0) is 0 Å². The molecule has 3 rings (SSSR count). The molecule has 0 spiro atoms. The highest BCUT2D eigenvalue weighted by atomic mass is 79.9. The molecule has 0 bridgehead atoms. The zero-order chi connectivity index (χ0) is 14.7. The van der Waals surface area contributed by atoms with Crippen LogP contribution in [0.15, 0.2) is 39.8 Å². The topological polar surface area (TPSA) is 68.5 Å². The highest BCUT2D eigenvalue weighted by Gasteiger charge is 2.26. The van der Waals surface area contributed by atoms with E-state index in [1.165, 1.54) is 0 Å². The fourth-order valence-electron chi connectivity index (χ4n) is 2.28. The third-order valence-electron chi connectivity index (χ3n) is 3.34. The molecule has 0 radical (unpaired) electrons. The van der Waals surface area contributed by atoms with Crippen LogP contribution in [0.25, 0.3) is 0 Å². The lowest BCUT2D eigenvalue weighted by molar-refractivity contribution is 0.0557. The lowest BCUT2D eigenvalue weighted by Crippen LogP contribution is -2.41. The Morgan fingerprint density at radius 2 is 2.14 bits per heavy atom. The molecule has 2 aromatic rings. The Bertz CT molecular complexity index is 609. The molecule has 1 amide bonds. The molecule has 1 saturated heterocycles. The smallest absolute Gasteiger partial charge is 0.289 e. The molecule has 0 N–H and O–H groups in total. The van der Waals surface area contributed by atoms with Gasteiger partial charge < -0.3 is 14.1 Å². The van der Waals surface area contributed by atoms with Gasteiger partial charge in [0.2, 0.25) is 5.88 Å². The number of ether oxygens (including phenoxy) is 1. The van der Waals surface area contributed by atoms with E-state index < -0.39 is 0 Å². The van der Waals surface area contributed by atoms with Crippen molar-refractivity contribution in [1.29, 1.82) is 0 Å². The van der Waals surface area contributed by atoms with Gasteiger partial charge in [0.15, 0.2) is 10.4 Å². The second kappa shape index (κ2) is 6.26. The van der Waals surface area contributed by atoms with Gasteiger partial charge in [-0.05, 0) is 28.1 Å². The lowest BCUT2D eigenvalue weighted by Gasteiger charge is -2.31. The van der Waals surface area contributed by atoms with Crippen molar-refractivity contribution in [2.75, 3.05) is 13.1 Å². The highest BCUT2D eigenvalue weighted by molar-refractivity contribution is 9.10. The molecule has 0 unspecified atom stereocenters. The summed E-state index contributed by atoms with van der Waals surface area (Å²) < 4.78 is 11.6. The van der Waals surface area contributed by atoms with Crippen molar-refractivity contribution in [3.63, 3.8) is 0 Å². The van der Waals surface area contributed by atoms with Gasteiger partial charge >= 0.3 is 0 Å². The monoisotopic (exact) mass is 351 g/mol. The van der Waals surface area contributed by atoms with Crippen LogP contribution in [-0.4, -0.2) is 40.0 Å². The quantitative estimate of drug-likeness (QED) is 0.849. The molecule has 2 aromatic heterocycles. The third-order valence-corrected chi connectivity index (χ3v) is 3.77. The van der Waals surface area contributed by atoms with Crippen LogP contribution in [0.2, 0.25) is 0 Å². The van der Waals surface area contributed by atoms with E-state index in [0.29, 0.717) is 29.4 Å². The van der Waals surface area contributed by atoms with Gasteiger partial charge in [-0.15, -0.1) is 0 Å². The Labute approximate surface area is 130 Å². The zero-order valence-electron chi connectivity index (χ0n) is 11.2. The van der Waals surface area contributed by atoms with Crippen molar-refractivity contribution in [3.8, 4) is 5.88 Å². The average molecular weight is 352 g/mol. The SMILES string of the molecule is O=C(c1ccc(Br)o1)N1CCC(Oc2cnccn2)CC1. The first-order valence-electron chi connectivity index (χ1n) is 6.69. The normalized spacial score (nSPS) is 16.0. The van der Waals surface area contributed by atoms with Crippen molar-refractivity contribution < 1.29 is 13.9 Å². The molecular formula is C14H14BrN3O3. The maximum Gasteiger partial charge on any atom is 0.289 e. The summed E-state index contributed by atoms with van der Waals surface area (Å²) in [5.74, 6) is 0.797. The molecule has 0 aromatic carbocycles. The Morgan fingerprint density at radius 1 is 1.33 bits per heavy atom. The zero-order valence-corrected chi connectivity index (χ0v) is 12.8. The first-order chi connectivity index (χ1) is 10.2. The number of aromatic nitrogens is 2. The number of nitrogens with zero attached hydrogens (tertiary/aromatic N) is 3. The average Bonchev–Trinajstić information content (AvgIpc) is 2.95. The van der Waals surface area contributed by atoms with Crippen LogP contribution in [0.3, 0.4) is 0 Å². The van der Waals surface area contributed by atoms with Crippen LogP contribution >= 0.6 is 15.9 Å². The minimum absolute atomic E-state index is 0.0640. The van der Waals surface area contributed by atoms with E-state index >= 15 is 0 Å². The summed E-state index contributed by atoms with van der Waals surface area (Å²) in [6.45, 7) is 1.28. The van der Waals surface area contributed by atoms with Crippen LogP contribution in [0, 0.1) is 0 Å². The van der Waals surface area contributed by atoms with Crippen LogP contribution in [0.5, 0.6) is 5.88 Å². The molecule has 3 heterocycles. The van der Waals surface area contributed by atoms with Gasteiger partial charge in [0.1, 0.15) is 6.10 Å². The Hall–Kier alpha value is -1.89. The number of hydrogen-bond acceptors (Lipinski definition) is 5. The maximum absolute atomic E-state index is 12.2. The van der Waals surface area contributed by atoms with Gasteiger partial charge in [-0.3, -0.25) is 9.78 Å². The van der Waals surface area contributed by atoms with Gasteiger partial charge in [-0.1, -0.05) is 0 Å². The number of carbonyl (C=O) groups is 1. The van der Waals surface area contributed by atoms with Gasteiger partial charge in [0.05, 0.1) is 6.20 Å². The van der Waals surface area contributed by atoms with Crippen LogP contribution in [0.1, 0.15) is 23.4 Å². The van der Waals surface area contributed by atoms with E-state index in [9.17, 15) is 4.79 Å². The van der Waals surface area contributed by atoms with E-state index in [1.807, 2.05) is 0 Å². The van der Waals surface area contributed by atoms with Crippen LogP contribution in [0.4, 0.5) is 0 Å². The Kier molecular flexibility index (Phi) is 4.19. The number of piperidine rings is 1. The summed E-state index contributed by atoms with van der Waals surface area (Å²) in [5, 5.41) is 0. The van der Waals surface area contributed by atoms with E-state index in [0.717, 1.165) is 12.8 Å². The lowest BCUT2D eigenvalue weighted by atomic mass is 10.1. The van der Waals surface area contributed by atoms with Crippen molar-refractivity contribution >= 4 is 21.8 Å². The molecule has 1 aliphatic rings. The molecule has 7 heteroatoms. The van der Waals surface area contributed by atoms with Gasteiger partial charge in [-0.25, -0.2) is 4.98 Å². The third kappa shape index (κ3) is 3.41. The molecule has 0 aliphatic carbocycles. The fraction of sp³-hybridized carbons (Fsp3) is 0.357. The number of halogens is 1. The van der Waals surface area contributed by atoms with E-state index in [4.69, 9.17) is 9.15 Å². The van der Waals surface area contributed by atoms with Crippen molar-refractivity contribution in [2.24, 2.45) is 0 Å². The van der Waals surface area contributed by atoms with E-state index in [-0.39, 0.29) is 12.0 Å². The molecule has 0 saturated carbocycles. The second-order valence-corrected chi connectivity index (χ2v) is 5.54. The van der Waals surface area contributed by atoms with Crippen LogP contribution < -0.4 is 4.74 Å². The second-order valence-electron chi connectivity index (χ2n) is 4.76. The number of hydrogen-bond donors (Lipinski definition) is 0. The van der Waals surface area contributed by atoms with Crippen molar-refractivity contribution in [3.05, 3.63) is 41.2 Å². The number of likely N-dealkylation sites (tertiary alicyclic amines) is 1. The summed E-state index contributed by atoms with van der Waals surface area (Å²) in [6, 6.07) is 3.39. The first kappa shape index (κ1) is 14.1. The molecular weight excluding hydrogens is 338 g/mol. The fourth-order valence-corrected chi connectivity index (χ4v) is 2.59. The minimum atomic E-state index is -0.0846. The first-order valence-corrected chi connectivity index (χ1v) is 7.49. The number of rotatable bonds is 3. The summed E-state index contributed by atoms with van der Waals surface area (Å²) in [6.07, 6.45) is 6.40. The summed E-state index contributed by atoms with van der Waals surface area (Å²) in [4.78, 5) is 22.1. The summed E-state index contributed by atoms with van der Waals surface area (Å²) in [7, 11) is 0. The largest absolute Gasteiger partial charge is 0.473 e. The predicted molar refractivity (Wildman–Crippen MR) is 78.0 cm³/mol. The number of furan rings is 1. The van der Waals surface area contributed by atoms with E-state index in [2.05, 4.69) is 25.9 Å². The Morgan fingerprint density at radius 3 is 2.76 bits per heavy atom. The molecule has 1 fully saturated rings. The molecule has 6 nitrogen and oxygen atoms in total. The molecule has 0 atom stereocenters. The number of carbonyl (C=O) groups excluding carboxylic acids is 1. The van der Waals surface area contributed by atoms with Gasteiger partial charge in [0, 0.05) is 38.3 Å². The standard InChI is InChI=1S/C14H14BrN3O3/c15-12-2-1-11(21-12)14(19)18-7-3-10(4-8-18)20-13-9-16-5-6-17-13/h1-2,5-6,9-10H,3-4,7-8H2. The predicted octanol–water partition coefficient (Wildman–Crippen LogP) is 2.52. The number of amides is 1. The maximum atomic E-state index is 12.2. The summed E-state index contributed by atoms with van der Waals surface area (Å²) in [5.41, 5.74) is 0. The van der Waals surface area contributed by atoms with Gasteiger partial charge in [0.25, 0.3) is 5.91 Å². The van der Waals surface area contributed by atoms with E-state index in [1.54, 1.807) is 35.6 Å². The molecule has 110 valence electrons. The van der Waals surface area contributed by atoms with Crippen molar-refractivity contribution in [2.45, 2.75) is 18.9 Å². The Balaban J connectivity index is 1.54. The minimum Gasteiger partial charge on any atom is -0.473 e. The summed E-state index contributed by atoms with van der Waals surface area (Å²) >= 11 is 3.20.